The first-order chi connectivity index (χ1) is 8.30. The van der Waals surface area contributed by atoms with Crippen LogP contribution in [0.5, 0.6) is 0 Å². The van der Waals surface area contributed by atoms with Gasteiger partial charge in [-0.15, -0.1) is 0 Å². The molecule has 0 spiro atoms. The fourth-order valence-corrected chi connectivity index (χ4v) is 2.07. The van der Waals surface area contributed by atoms with Crippen molar-refractivity contribution in [1.29, 1.82) is 0 Å². The molecular weight excluding hydrogens is 252 g/mol. The number of nitrogens with one attached hydrogen (secondary N) is 2. The van der Waals surface area contributed by atoms with Gasteiger partial charge in [0.1, 0.15) is 6.04 Å². The van der Waals surface area contributed by atoms with E-state index in [-0.39, 0.29) is 0 Å². The van der Waals surface area contributed by atoms with Crippen LogP contribution >= 0.6 is 11.3 Å². The van der Waals surface area contributed by atoms with Crippen molar-refractivity contribution in [2.24, 2.45) is 5.41 Å². The highest BCUT2D eigenvalue weighted by Crippen LogP contribution is 2.19. The number of carbonyl (C=O) groups excluding carboxylic acids is 1. The van der Waals surface area contributed by atoms with Crippen molar-refractivity contribution in [2.45, 2.75) is 33.4 Å². The van der Waals surface area contributed by atoms with Crippen LogP contribution in [-0.2, 0) is 11.3 Å². The molecule has 0 aliphatic heterocycles. The topological polar surface area (TPSA) is 78.4 Å². The van der Waals surface area contributed by atoms with Crippen LogP contribution in [0.1, 0.15) is 26.3 Å². The average Bonchev–Trinajstić information content (AvgIpc) is 2.73. The molecule has 1 unspecified atom stereocenters. The van der Waals surface area contributed by atoms with E-state index < -0.39 is 23.5 Å². The molecule has 0 aliphatic carbocycles. The third kappa shape index (κ3) is 4.37. The van der Waals surface area contributed by atoms with Crippen LogP contribution in [0.15, 0.2) is 16.8 Å². The fourth-order valence-electron chi connectivity index (χ4n) is 1.41. The van der Waals surface area contributed by atoms with Crippen molar-refractivity contribution in [3.05, 3.63) is 22.4 Å². The second-order valence-electron chi connectivity index (χ2n) is 5.10. The molecular formula is C12H18N2O3S. The molecule has 3 N–H and O–H groups in total. The Morgan fingerprint density at radius 2 is 2.11 bits per heavy atom. The number of carboxylic acids is 1. The van der Waals surface area contributed by atoms with E-state index in [1.807, 2.05) is 16.8 Å². The Hall–Kier alpha value is -1.56. The van der Waals surface area contributed by atoms with Crippen LogP contribution in [0.3, 0.4) is 0 Å². The van der Waals surface area contributed by atoms with Gasteiger partial charge in [0, 0.05) is 6.54 Å². The van der Waals surface area contributed by atoms with Gasteiger partial charge in [-0.3, -0.25) is 0 Å². The monoisotopic (exact) mass is 270 g/mol. The zero-order valence-corrected chi connectivity index (χ0v) is 11.5. The predicted molar refractivity (Wildman–Crippen MR) is 70.6 cm³/mol. The van der Waals surface area contributed by atoms with E-state index in [9.17, 15) is 9.59 Å². The van der Waals surface area contributed by atoms with Crippen LogP contribution < -0.4 is 10.6 Å². The maximum absolute atomic E-state index is 11.6. The first-order valence-electron chi connectivity index (χ1n) is 5.59. The molecule has 0 radical (unpaired) electrons. The van der Waals surface area contributed by atoms with Crippen LogP contribution in [0, 0.1) is 5.41 Å². The molecule has 1 aromatic heterocycles. The third-order valence-corrected chi connectivity index (χ3v) is 3.15. The summed E-state index contributed by atoms with van der Waals surface area (Å²) >= 11 is 1.55. The van der Waals surface area contributed by atoms with Crippen molar-refractivity contribution in [3.8, 4) is 0 Å². The number of aliphatic carboxylic acids is 1. The van der Waals surface area contributed by atoms with Gasteiger partial charge in [0.2, 0.25) is 0 Å². The third-order valence-electron chi connectivity index (χ3n) is 2.42. The normalized spacial score (nSPS) is 12.8. The smallest absolute Gasteiger partial charge is 0.326 e. The molecule has 100 valence electrons. The Morgan fingerprint density at radius 3 is 2.56 bits per heavy atom. The first kappa shape index (κ1) is 14.5. The summed E-state index contributed by atoms with van der Waals surface area (Å²) in [5.74, 6) is -1.03. The molecule has 18 heavy (non-hydrogen) atoms. The van der Waals surface area contributed by atoms with E-state index in [2.05, 4.69) is 10.6 Å². The van der Waals surface area contributed by atoms with E-state index >= 15 is 0 Å². The minimum Gasteiger partial charge on any atom is -0.480 e. The number of rotatable bonds is 4. The number of hydrogen-bond acceptors (Lipinski definition) is 3. The van der Waals surface area contributed by atoms with Gasteiger partial charge in [-0.1, -0.05) is 20.8 Å². The van der Waals surface area contributed by atoms with Crippen LogP contribution in [0.4, 0.5) is 4.79 Å². The van der Waals surface area contributed by atoms with Crippen molar-refractivity contribution in [3.63, 3.8) is 0 Å². The standard InChI is InChI=1S/C12H18N2O3S/c1-12(2,3)9(10(15)16)14-11(17)13-6-8-4-5-18-7-8/h4-5,7,9H,6H2,1-3H3,(H,15,16)(H2,13,14,17). The molecule has 5 nitrogen and oxygen atoms in total. The predicted octanol–water partition coefficient (Wildman–Crippen LogP) is 2.05. The van der Waals surface area contributed by atoms with Gasteiger partial charge >= 0.3 is 12.0 Å². The quantitative estimate of drug-likeness (QED) is 0.783. The van der Waals surface area contributed by atoms with E-state index in [0.29, 0.717) is 6.54 Å². The zero-order valence-electron chi connectivity index (χ0n) is 10.7. The first-order valence-corrected chi connectivity index (χ1v) is 6.53. The molecule has 0 bridgehead atoms. The number of carboxylic acid groups (broad SMARTS) is 1. The van der Waals surface area contributed by atoms with Gasteiger partial charge in [0.05, 0.1) is 0 Å². The second-order valence-corrected chi connectivity index (χ2v) is 5.88. The van der Waals surface area contributed by atoms with Crippen LogP contribution in [-0.4, -0.2) is 23.1 Å². The van der Waals surface area contributed by atoms with Crippen molar-refractivity contribution >= 4 is 23.3 Å². The minimum atomic E-state index is -1.03. The number of carbonyl (C=O) groups is 2. The maximum Gasteiger partial charge on any atom is 0.326 e. The molecule has 6 heteroatoms. The zero-order chi connectivity index (χ0) is 13.8. The van der Waals surface area contributed by atoms with Gasteiger partial charge in [-0.25, -0.2) is 9.59 Å². The highest BCUT2D eigenvalue weighted by molar-refractivity contribution is 7.07. The lowest BCUT2D eigenvalue weighted by molar-refractivity contribution is -0.141. The molecule has 0 aromatic carbocycles. The van der Waals surface area contributed by atoms with E-state index in [1.54, 1.807) is 32.1 Å². The molecule has 0 fully saturated rings. The Morgan fingerprint density at radius 1 is 1.44 bits per heavy atom. The van der Waals surface area contributed by atoms with Gasteiger partial charge in [-0.05, 0) is 27.8 Å². The molecule has 0 aliphatic rings. The molecule has 1 atom stereocenters. The summed E-state index contributed by atoms with van der Waals surface area (Å²) in [4.78, 5) is 22.7. The molecule has 2 amide bonds. The number of urea groups is 1. The molecule has 1 aromatic rings. The summed E-state index contributed by atoms with van der Waals surface area (Å²) < 4.78 is 0. The van der Waals surface area contributed by atoms with Crippen molar-refractivity contribution in [1.82, 2.24) is 10.6 Å². The summed E-state index contributed by atoms with van der Waals surface area (Å²) in [6, 6.07) is 0.520. The fraction of sp³-hybridized carbons (Fsp3) is 0.500. The summed E-state index contributed by atoms with van der Waals surface area (Å²) in [5.41, 5.74) is 0.462. The average molecular weight is 270 g/mol. The van der Waals surface area contributed by atoms with Gasteiger partial charge in [0.15, 0.2) is 0 Å². The Kier molecular flexibility index (Phi) is 4.72. The van der Waals surface area contributed by atoms with E-state index in [1.165, 1.54) is 0 Å². The Bertz CT molecular complexity index is 409. The van der Waals surface area contributed by atoms with Gasteiger partial charge in [0.25, 0.3) is 0 Å². The second kappa shape index (κ2) is 5.86. The highest BCUT2D eigenvalue weighted by Gasteiger charge is 2.32. The summed E-state index contributed by atoms with van der Waals surface area (Å²) in [5, 5.41) is 18.0. The van der Waals surface area contributed by atoms with Crippen LogP contribution in [0.25, 0.3) is 0 Å². The molecule has 0 saturated carbocycles. The highest BCUT2D eigenvalue weighted by atomic mass is 32.1. The summed E-state index contributed by atoms with van der Waals surface area (Å²) in [7, 11) is 0. The number of hydrogen-bond donors (Lipinski definition) is 3. The van der Waals surface area contributed by atoms with E-state index in [4.69, 9.17) is 5.11 Å². The SMILES string of the molecule is CC(C)(C)C(NC(=O)NCc1ccsc1)C(=O)O. The summed E-state index contributed by atoms with van der Waals surface area (Å²) in [6.07, 6.45) is 0. The molecule has 0 saturated heterocycles. The number of thiophene rings is 1. The number of amides is 2. The van der Waals surface area contributed by atoms with Gasteiger partial charge < -0.3 is 15.7 Å². The lowest BCUT2D eigenvalue weighted by atomic mass is 9.87. The Balaban J connectivity index is 2.49. The lowest BCUT2D eigenvalue weighted by Gasteiger charge is -2.27. The largest absolute Gasteiger partial charge is 0.480 e. The Labute approximate surface area is 110 Å². The van der Waals surface area contributed by atoms with Crippen molar-refractivity contribution in [2.75, 3.05) is 0 Å². The molecule has 1 heterocycles. The lowest BCUT2D eigenvalue weighted by Crippen LogP contribution is -2.52. The van der Waals surface area contributed by atoms with Crippen LogP contribution in [0.2, 0.25) is 0 Å². The van der Waals surface area contributed by atoms with E-state index in [0.717, 1.165) is 5.56 Å². The minimum absolute atomic E-state index is 0.395. The summed E-state index contributed by atoms with van der Waals surface area (Å²) in [6.45, 7) is 5.70. The maximum atomic E-state index is 11.6. The van der Waals surface area contributed by atoms with Crippen molar-refractivity contribution < 1.29 is 14.7 Å². The molecule has 1 rings (SSSR count). The van der Waals surface area contributed by atoms with Gasteiger partial charge in [-0.2, -0.15) is 11.3 Å².